The summed E-state index contributed by atoms with van der Waals surface area (Å²) >= 11 is 0. The first kappa shape index (κ1) is 33.2. The molecule has 8 aliphatic rings. The van der Waals surface area contributed by atoms with Crippen molar-refractivity contribution in [1.82, 2.24) is 40.4 Å². The number of hydrogen-bond donors (Lipinski definition) is 4. The van der Waals surface area contributed by atoms with Crippen molar-refractivity contribution in [3.8, 4) is 11.1 Å². The number of alkyl carbamates (subject to hydrolysis) is 2. The SMILES string of the molecule is COC(=O)NC1(C(=O)c2ccc(-c3ccc(C(=O)[C@@]4(NC(=O)OC)N5CCCC5C4(C)[C@H]4c5cnc4[nH]5)cc3)cc2)N2CCCC2C1(C)[C@H]1c2cnc1[nH]2. The average molecular weight is 731 g/mol. The van der Waals surface area contributed by atoms with Gasteiger partial charge in [-0.25, -0.2) is 19.6 Å². The van der Waals surface area contributed by atoms with Crippen LogP contribution < -0.4 is 10.6 Å². The van der Waals surface area contributed by atoms with Crippen LogP contribution in [0.1, 0.15) is 95.1 Å². The van der Waals surface area contributed by atoms with Gasteiger partial charge in [0.05, 0.1) is 26.1 Å². The fraction of sp³-hybridized carbons (Fsp3) is 0.450. The topological polar surface area (TPSA) is 175 Å². The number of Topliss-reactive ketones (excluding diaryl/α,β-unsaturated/α-hetero) is 2. The van der Waals surface area contributed by atoms with E-state index in [-0.39, 0.29) is 35.5 Å². The molecule has 4 fully saturated rings. The molecular formula is C40H42N8O6. The number of H-pyrrole nitrogens is 2. The van der Waals surface area contributed by atoms with E-state index in [1.807, 2.05) is 36.7 Å². The zero-order valence-corrected chi connectivity index (χ0v) is 30.6. The Hall–Kier alpha value is -5.34. The summed E-state index contributed by atoms with van der Waals surface area (Å²) in [5.74, 6) is 1.07. The summed E-state index contributed by atoms with van der Waals surface area (Å²) in [6.07, 6.45) is 6.00. The number of nitrogens with one attached hydrogen (secondary N) is 4. The van der Waals surface area contributed by atoms with E-state index in [9.17, 15) is 19.2 Å². The molecule has 0 aliphatic carbocycles. The maximum atomic E-state index is 14.8. The minimum absolute atomic E-state index is 0.0964. The second-order valence-electron chi connectivity index (χ2n) is 16.0. The van der Waals surface area contributed by atoms with Crippen molar-refractivity contribution in [3.05, 3.63) is 95.1 Å². The second kappa shape index (κ2) is 11.1. The third-order valence-corrected chi connectivity index (χ3v) is 14.1. The summed E-state index contributed by atoms with van der Waals surface area (Å²) in [4.78, 5) is 75.3. The quantitative estimate of drug-likeness (QED) is 0.179. The molecule has 278 valence electrons. The Morgan fingerprint density at radius 3 is 1.37 bits per heavy atom. The van der Waals surface area contributed by atoms with Gasteiger partial charge in [-0.1, -0.05) is 62.4 Å². The largest absolute Gasteiger partial charge is 0.453 e. The third kappa shape index (κ3) is 3.77. The molecule has 12 rings (SSSR count). The van der Waals surface area contributed by atoms with E-state index in [2.05, 4.69) is 54.2 Å². The van der Waals surface area contributed by atoms with Crippen molar-refractivity contribution in [2.24, 2.45) is 10.8 Å². The number of benzene rings is 2. The number of amides is 2. The number of aromatic amines is 2. The van der Waals surface area contributed by atoms with Gasteiger partial charge in [-0.05, 0) is 36.8 Å². The van der Waals surface area contributed by atoms with Crippen LogP contribution in [-0.2, 0) is 9.47 Å². The summed E-state index contributed by atoms with van der Waals surface area (Å²) in [5.41, 5.74) is 0.643. The molecule has 4 saturated heterocycles. The van der Waals surface area contributed by atoms with E-state index in [0.717, 1.165) is 59.8 Å². The number of fused-ring (bicyclic) bond motifs is 4. The number of carbonyl (C=O) groups is 4. The first-order valence-corrected chi connectivity index (χ1v) is 18.7. The molecule has 14 heteroatoms. The number of rotatable bonds is 9. The summed E-state index contributed by atoms with van der Waals surface area (Å²) in [5, 5.41) is 6.05. The summed E-state index contributed by atoms with van der Waals surface area (Å²) in [6, 6.07) is 14.9. The molecule has 8 aliphatic heterocycles. The monoisotopic (exact) mass is 730 g/mol. The van der Waals surface area contributed by atoms with Crippen molar-refractivity contribution < 1.29 is 28.7 Å². The Morgan fingerprint density at radius 2 is 1.06 bits per heavy atom. The molecule has 8 atom stereocenters. The minimum atomic E-state index is -1.32. The number of imidazole rings is 2. The summed E-state index contributed by atoms with van der Waals surface area (Å²) in [7, 11) is 2.62. The van der Waals surface area contributed by atoms with E-state index in [0.29, 0.717) is 24.2 Å². The van der Waals surface area contributed by atoms with Crippen LogP contribution in [0.25, 0.3) is 11.1 Å². The Labute approximate surface area is 311 Å². The van der Waals surface area contributed by atoms with Crippen molar-refractivity contribution >= 4 is 23.8 Å². The van der Waals surface area contributed by atoms with Gasteiger partial charge in [0, 0.05) is 70.9 Å². The number of methoxy groups -OCH3 is 2. The Balaban J connectivity index is 0.949. The fourth-order valence-electron chi connectivity index (χ4n) is 11.7. The lowest BCUT2D eigenvalue weighted by molar-refractivity contribution is -0.179. The van der Waals surface area contributed by atoms with Gasteiger partial charge in [0.25, 0.3) is 0 Å². The van der Waals surface area contributed by atoms with Gasteiger partial charge in [0.2, 0.25) is 11.6 Å². The minimum Gasteiger partial charge on any atom is -0.453 e. The van der Waals surface area contributed by atoms with Gasteiger partial charge < -0.3 is 19.4 Å². The number of hydrogen-bond acceptors (Lipinski definition) is 10. The van der Waals surface area contributed by atoms with E-state index in [4.69, 9.17) is 9.47 Å². The number of ketones is 2. The third-order valence-electron chi connectivity index (χ3n) is 14.1. The lowest BCUT2D eigenvalue weighted by Gasteiger charge is -2.69. The molecule has 2 aromatic heterocycles. The van der Waals surface area contributed by atoms with Gasteiger partial charge in [0.15, 0.2) is 11.3 Å². The molecule has 4 aromatic rings. The van der Waals surface area contributed by atoms with Crippen molar-refractivity contribution in [2.45, 2.75) is 74.8 Å². The smallest absolute Gasteiger partial charge is 0.408 e. The van der Waals surface area contributed by atoms with Gasteiger partial charge in [-0.2, -0.15) is 0 Å². The van der Waals surface area contributed by atoms with Crippen LogP contribution >= 0.6 is 0 Å². The number of nitrogens with zero attached hydrogens (tertiary/aromatic N) is 4. The van der Waals surface area contributed by atoms with Gasteiger partial charge >= 0.3 is 12.2 Å². The highest BCUT2D eigenvalue weighted by atomic mass is 16.5. The van der Waals surface area contributed by atoms with Crippen molar-refractivity contribution in [3.63, 3.8) is 0 Å². The molecule has 10 heterocycles. The Kier molecular flexibility index (Phi) is 6.84. The van der Waals surface area contributed by atoms with Crippen molar-refractivity contribution in [1.29, 1.82) is 0 Å². The maximum absolute atomic E-state index is 14.8. The van der Waals surface area contributed by atoms with E-state index < -0.39 is 34.3 Å². The van der Waals surface area contributed by atoms with E-state index in [1.165, 1.54) is 14.2 Å². The van der Waals surface area contributed by atoms with Gasteiger partial charge in [-0.3, -0.25) is 30.0 Å². The van der Waals surface area contributed by atoms with Gasteiger partial charge in [-0.15, -0.1) is 0 Å². The second-order valence-corrected chi connectivity index (χ2v) is 16.0. The van der Waals surface area contributed by atoms with Crippen LogP contribution in [0.5, 0.6) is 0 Å². The molecule has 2 aromatic carbocycles. The predicted octanol–water partition coefficient (Wildman–Crippen LogP) is 4.53. The highest BCUT2D eigenvalue weighted by Gasteiger charge is 2.79. The number of aromatic nitrogens is 4. The van der Waals surface area contributed by atoms with Crippen LogP contribution in [0.3, 0.4) is 0 Å². The molecule has 0 spiro atoms. The molecule has 2 amide bonds. The number of carbonyl (C=O) groups excluding carboxylic acids is 4. The highest BCUT2D eigenvalue weighted by Crippen LogP contribution is 2.67. The Bertz CT molecular complexity index is 2040. The first-order chi connectivity index (χ1) is 26.0. The molecule has 14 nitrogen and oxygen atoms in total. The van der Waals surface area contributed by atoms with Crippen LogP contribution in [-0.4, -0.2) is 104 Å². The van der Waals surface area contributed by atoms with Crippen molar-refractivity contribution in [2.75, 3.05) is 27.3 Å². The molecule has 0 saturated carbocycles. The van der Waals surface area contributed by atoms with Crippen LogP contribution in [0.15, 0.2) is 60.9 Å². The van der Waals surface area contributed by atoms with Gasteiger partial charge in [0.1, 0.15) is 11.6 Å². The predicted molar refractivity (Wildman–Crippen MR) is 194 cm³/mol. The summed E-state index contributed by atoms with van der Waals surface area (Å²) in [6.45, 7) is 5.54. The van der Waals surface area contributed by atoms with E-state index in [1.54, 1.807) is 24.3 Å². The Morgan fingerprint density at radius 1 is 0.667 bits per heavy atom. The zero-order valence-electron chi connectivity index (χ0n) is 30.6. The standard InChI is InChI=1S/C40H42N8O6/c1-37(29-25-19-41-33(29)43-25)27-7-5-17-47(27)39(37,45-35(51)53-3)31(49)23-13-9-21(10-14-23)22-11-15-24(16-12-22)32(50)40(46-36(52)54-4)38(2,28-8-6-18-48(28)40)30-26-20-42-34(30)44-26/h9-16,19-20,27-30H,5-8,17-18H2,1-4H3,(H,41,43)(H,42,44)(H,45,51)(H,46,52)/t27?,28?,29-,30-,37?,38?,39+,40?/m0/s1. The van der Waals surface area contributed by atoms with Crippen LogP contribution in [0.2, 0.25) is 0 Å². The lowest BCUT2D eigenvalue weighted by Crippen LogP contribution is -2.87. The fourth-order valence-corrected chi connectivity index (χ4v) is 11.7. The molecule has 4 N–H and O–H groups in total. The zero-order chi connectivity index (χ0) is 37.4. The highest BCUT2D eigenvalue weighted by molar-refractivity contribution is 6.08. The average Bonchev–Trinajstić information content (AvgIpc) is 4.04. The summed E-state index contributed by atoms with van der Waals surface area (Å²) < 4.78 is 10.2. The van der Waals surface area contributed by atoms with Crippen LogP contribution in [0, 0.1) is 10.8 Å². The molecular weight excluding hydrogens is 688 g/mol. The molecule has 0 radical (unpaired) electrons. The lowest BCUT2D eigenvalue weighted by atomic mass is 9.51. The normalized spacial score (nSPS) is 33.9. The number of ether oxygens (including phenoxy) is 2. The maximum Gasteiger partial charge on any atom is 0.408 e. The van der Waals surface area contributed by atoms with Crippen LogP contribution in [0.4, 0.5) is 9.59 Å². The molecule has 4 bridgehead atoms. The van der Waals surface area contributed by atoms with E-state index >= 15 is 0 Å². The molecule has 5 unspecified atom stereocenters. The first-order valence-electron chi connectivity index (χ1n) is 18.7. The molecule has 54 heavy (non-hydrogen) atoms.